The quantitative estimate of drug-likeness (QED) is 0.623. The molecule has 94 valence electrons. The molecule has 1 amide bonds. The van der Waals surface area contributed by atoms with Gasteiger partial charge in [-0.05, 0) is 13.8 Å². The van der Waals surface area contributed by atoms with Crippen LogP contribution in [0.1, 0.15) is 19.5 Å². The zero-order chi connectivity index (χ0) is 12.8. The second-order valence-corrected chi connectivity index (χ2v) is 5.70. The zero-order valence-electron chi connectivity index (χ0n) is 9.63. The molecule has 0 aliphatic carbocycles. The molecule has 0 radical (unpaired) electrons. The van der Waals surface area contributed by atoms with Crippen LogP contribution in [0.3, 0.4) is 0 Å². The van der Waals surface area contributed by atoms with E-state index in [2.05, 4.69) is 4.98 Å². The van der Waals surface area contributed by atoms with Crippen LogP contribution in [0.2, 0.25) is 0 Å². The molecule has 2 N–H and O–H groups in total. The number of rotatable bonds is 6. The number of primary amides is 1. The summed E-state index contributed by atoms with van der Waals surface area (Å²) >= 11 is 2.69. The normalized spacial score (nSPS) is 12.1. The van der Waals surface area contributed by atoms with Crippen LogP contribution in [0.15, 0.2) is 9.72 Å². The maximum absolute atomic E-state index is 11.2. The van der Waals surface area contributed by atoms with Crippen LogP contribution in [0.5, 0.6) is 0 Å². The predicted octanol–water partition coefficient (Wildman–Crippen LogP) is 1.21. The van der Waals surface area contributed by atoms with Gasteiger partial charge in [-0.3, -0.25) is 9.59 Å². The molecule has 1 aromatic heterocycles. The molecule has 0 aliphatic rings. The Morgan fingerprint density at radius 2 is 2.35 bits per heavy atom. The van der Waals surface area contributed by atoms with Crippen LogP contribution < -0.4 is 5.73 Å². The van der Waals surface area contributed by atoms with E-state index < -0.39 is 0 Å². The highest BCUT2D eigenvalue weighted by Crippen LogP contribution is 2.26. The SMILES string of the molecule is CCOC(=O)Cc1csc(S[C@H](C)C(N)=O)n1. The van der Waals surface area contributed by atoms with E-state index in [1.807, 2.05) is 0 Å². The van der Waals surface area contributed by atoms with Gasteiger partial charge in [-0.25, -0.2) is 4.98 Å². The first-order valence-electron chi connectivity index (χ1n) is 5.09. The highest BCUT2D eigenvalue weighted by molar-refractivity contribution is 8.02. The van der Waals surface area contributed by atoms with Gasteiger partial charge in [0.1, 0.15) is 0 Å². The van der Waals surface area contributed by atoms with Crippen molar-refractivity contribution in [3.05, 3.63) is 11.1 Å². The van der Waals surface area contributed by atoms with Gasteiger partial charge in [-0.1, -0.05) is 11.8 Å². The second kappa shape index (κ2) is 6.61. The molecule has 0 saturated carbocycles. The fourth-order valence-corrected chi connectivity index (χ4v) is 2.92. The molecule has 0 fully saturated rings. The Morgan fingerprint density at radius 1 is 1.65 bits per heavy atom. The lowest BCUT2D eigenvalue weighted by Crippen LogP contribution is -2.22. The number of hydrogen-bond donors (Lipinski definition) is 1. The molecule has 0 aromatic carbocycles. The summed E-state index contributed by atoms with van der Waals surface area (Å²) in [7, 11) is 0. The van der Waals surface area contributed by atoms with E-state index in [1.165, 1.54) is 23.1 Å². The molecular weight excluding hydrogens is 260 g/mol. The summed E-state index contributed by atoms with van der Waals surface area (Å²) in [5.74, 6) is -0.672. The minimum atomic E-state index is -0.378. The van der Waals surface area contributed by atoms with E-state index >= 15 is 0 Å². The van der Waals surface area contributed by atoms with Crippen molar-refractivity contribution in [2.45, 2.75) is 29.9 Å². The Hall–Kier alpha value is -1.08. The van der Waals surface area contributed by atoms with Crippen molar-refractivity contribution in [1.29, 1.82) is 0 Å². The van der Waals surface area contributed by atoms with Crippen LogP contribution >= 0.6 is 23.1 Å². The number of aromatic nitrogens is 1. The lowest BCUT2D eigenvalue weighted by Gasteiger charge is -2.02. The minimum Gasteiger partial charge on any atom is -0.466 e. The average Bonchev–Trinajstić information content (AvgIpc) is 2.65. The van der Waals surface area contributed by atoms with Gasteiger partial charge in [0.2, 0.25) is 5.91 Å². The van der Waals surface area contributed by atoms with Crippen molar-refractivity contribution in [2.75, 3.05) is 6.61 Å². The smallest absolute Gasteiger partial charge is 0.311 e. The van der Waals surface area contributed by atoms with Crippen molar-refractivity contribution < 1.29 is 14.3 Å². The van der Waals surface area contributed by atoms with Gasteiger partial charge in [0.25, 0.3) is 0 Å². The molecule has 1 aromatic rings. The number of nitrogens with two attached hydrogens (primary N) is 1. The predicted molar refractivity (Wildman–Crippen MR) is 67.0 cm³/mol. The minimum absolute atomic E-state index is 0.163. The van der Waals surface area contributed by atoms with Crippen molar-refractivity contribution in [2.24, 2.45) is 5.73 Å². The third-order valence-electron chi connectivity index (χ3n) is 1.84. The Bertz CT molecular complexity index is 406. The number of amides is 1. The first-order chi connectivity index (χ1) is 8.02. The van der Waals surface area contributed by atoms with E-state index in [9.17, 15) is 9.59 Å². The third-order valence-corrected chi connectivity index (χ3v) is 3.98. The van der Waals surface area contributed by atoms with E-state index in [4.69, 9.17) is 10.5 Å². The fraction of sp³-hybridized carbons (Fsp3) is 0.500. The van der Waals surface area contributed by atoms with Gasteiger partial charge in [0, 0.05) is 5.38 Å². The Morgan fingerprint density at radius 3 is 2.94 bits per heavy atom. The van der Waals surface area contributed by atoms with Crippen LogP contribution in [0.25, 0.3) is 0 Å². The maximum atomic E-state index is 11.2. The Balaban J connectivity index is 2.53. The highest BCUT2D eigenvalue weighted by atomic mass is 32.2. The van der Waals surface area contributed by atoms with Crippen molar-refractivity contribution in [3.8, 4) is 0 Å². The number of esters is 1. The number of carbonyl (C=O) groups excluding carboxylic acids is 2. The molecule has 0 spiro atoms. The topological polar surface area (TPSA) is 82.3 Å². The molecule has 0 bridgehead atoms. The average molecular weight is 274 g/mol. The Kier molecular flexibility index (Phi) is 5.43. The van der Waals surface area contributed by atoms with Crippen LogP contribution in [-0.4, -0.2) is 28.7 Å². The van der Waals surface area contributed by atoms with Gasteiger partial charge in [0.05, 0.1) is 24.0 Å². The maximum Gasteiger partial charge on any atom is 0.311 e. The largest absolute Gasteiger partial charge is 0.466 e. The van der Waals surface area contributed by atoms with Gasteiger partial charge >= 0.3 is 5.97 Å². The number of ether oxygens (including phenoxy) is 1. The monoisotopic (exact) mass is 274 g/mol. The van der Waals surface area contributed by atoms with Crippen LogP contribution in [0, 0.1) is 0 Å². The molecule has 1 atom stereocenters. The summed E-state index contributed by atoms with van der Waals surface area (Å²) in [4.78, 5) is 26.3. The summed E-state index contributed by atoms with van der Waals surface area (Å²) in [5.41, 5.74) is 5.81. The molecule has 0 saturated heterocycles. The standard InChI is InChI=1S/C10H14N2O3S2/c1-3-15-8(13)4-7-5-16-10(12-7)17-6(2)9(11)14/h5-6H,3-4H2,1-2H3,(H2,11,14)/t6-/m1/s1. The number of thiazole rings is 1. The Labute approximate surface area is 108 Å². The van der Waals surface area contributed by atoms with Crippen LogP contribution in [0.4, 0.5) is 0 Å². The summed E-state index contributed by atoms with van der Waals surface area (Å²) in [6, 6.07) is 0. The third kappa shape index (κ3) is 4.74. The molecule has 17 heavy (non-hydrogen) atoms. The molecular formula is C10H14N2O3S2. The molecule has 1 rings (SSSR count). The van der Waals surface area contributed by atoms with E-state index in [1.54, 1.807) is 19.2 Å². The van der Waals surface area contributed by atoms with Gasteiger partial charge in [0.15, 0.2) is 4.34 Å². The summed E-state index contributed by atoms with van der Waals surface area (Å²) in [6.07, 6.45) is 0.163. The number of hydrogen-bond acceptors (Lipinski definition) is 6. The number of nitrogens with zero attached hydrogens (tertiary/aromatic N) is 1. The molecule has 0 aliphatic heterocycles. The second-order valence-electron chi connectivity index (χ2n) is 3.25. The summed E-state index contributed by atoms with van der Waals surface area (Å²) < 4.78 is 5.55. The first kappa shape index (κ1) is 14.0. The van der Waals surface area contributed by atoms with E-state index in [0.29, 0.717) is 12.3 Å². The zero-order valence-corrected chi connectivity index (χ0v) is 11.3. The molecule has 7 heteroatoms. The van der Waals surface area contributed by atoms with Crippen LogP contribution in [-0.2, 0) is 20.7 Å². The first-order valence-corrected chi connectivity index (χ1v) is 6.84. The lowest BCUT2D eigenvalue weighted by molar-refractivity contribution is -0.142. The van der Waals surface area contributed by atoms with Gasteiger partial charge in [-0.2, -0.15) is 0 Å². The van der Waals surface area contributed by atoms with Gasteiger partial charge < -0.3 is 10.5 Å². The van der Waals surface area contributed by atoms with Gasteiger partial charge in [-0.15, -0.1) is 11.3 Å². The van der Waals surface area contributed by atoms with Crippen molar-refractivity contribution in [3.63, 3.8) is 0 Å². The van der Waals surface area contributed by atoms with E-state index in [-0.39, 0.29) is 23.5 Å². The number of carbonyl (C=O) groups is 2. The fourth-order valence-electron chi connectivity index (χ4n) is 0.993. The number of thioether (sulfide) groups is 1. The highest BCUT2D eigenvalue weighted by Gasteiger charge is 2.14. The summed E-state index contributed by atoms with van der Waals surface area (Å²) in [6.45, 7) is 3.84. The van der Waals surface area contributed by atoms with Crippen molar-refractivity contribution in [1.82, 2.24) is 4.98 Å². The molecule has 0 unspecified atom stereocenters. The van der Waals surface area contributed by atoms with E-state index in [0.717, 1.165) is 4.34 Å². The lowest BCUT2D eigenvalue weighted by atomic mass is 10.3. The van der Waals surface area contributed by atoms with Crippen molar-refractivity contribution >= 4 is 35.0 Å². The summed E-state index contributed by atoms with van der Waals surface area (Å²) in [5, 5.41) is 1.46. The molecule has 1 heterocycles. The molecule has 5 nitrogen and oxygen atoms in total.